The van der Waals surface area contributed by atoms with E-state index in [1.54, 1.807) is 40.1 Å². The van der Waals surface area contributed by atoms with Gasteiger partial charge in [-0.2, -0.15) is 0 Å². The summed E-state index contributed by atoms with van der Waals surface area (Å²) in [5, 5.41) is 14.9. The highest BCUT2D eigenvalue weighted by Crippen LogP contribution is 2.28. The molecule has 2 aliphatic heterocycles. The Morgan fingerprint density at radius 2 is 1.63 bits per heavy atom. The number of methoxy groups -OCH3 is 2. The van der Waals surface area contributed by atoms with Crippen molar-refractivity contribution in [3.63, 3.8) is 0 Å². The summed E-state index contributed by atoms with van der Waals surface area (Å²) in [7, 11) is 6.58. The Labute approximate surface area is 357 Å². The van der Waals surface area contributed by atoms with Gasteiger partial charge in [-0.05, 0) is 62.1 Å². The Kier molecular flexibility index (Phi) is 18.5. The quantitative estimate of drug-likeness (QED) is 0.117. The van der Waals surface area contributed by atoms with Gasteiger partial charge in [0.25, 0.3) is 5.91 Å². The van der Waals surface area contributed by atoms with Crippen molar-refractivity contribution >= 4 is 40.3 Å². The van der Waals surface area contributed by atoms with Gasteiger partial charge >= 0.3 is 0 Å². The second-order valence-corrected chi connectivity index (χ2v) is 17.5. The second kappa shape index (κ2) is 22.8. The number of hydroxylamine groups is 2. The van der Waals surface area contributed by atoms with E-state index in [1.165, 1.54) is 5.06 Å². The van der Waals surface area contributed by atoms with Crippen LogP contribution in [-0.2, 0) is 44.7 Å². The molecule has 5 N–H and O–H groups in total. The van der Waals surface area contributed by atoms with Crippen molar-refractivity contribution in [2.24, 2.45) is 23.7 Å². The zero-order valence-corrected chi connectivity index (χ0v) is 37.8. The monoisotopic (exact) mass is 840 g/mol. The Balaban J connectivity index is 1.44. The minimum absolute atomic E-state index is 0.0180. The highest BCUT2D eigenvalue weighted by atomic mass is 16.7. The molecule has 4 amide bonds. The summed E-state index contributed by atoms with van der Waals surface area (Å²) >= 11 is 0. The number of carbonyl (C=O) groups is 5. The van der Waals surface area contributed by atoms with Crippen LogP contribution in [0.5, 0.6) is 0 Å². The van der Waals surface area contributed by atoms with Crippen LogP contribution < -0.4 is 21.3 Å². The van der Waals surface area contributed by atoms with E-state index >= 15 is 0 Å². The number of H-pyrrole nitrogens is 1. The minimum Gasteiger partial charge on any atom is -0.379 e. The number of rotatable bonds is 22. The van der Waals surface area contributed by atoms with E-state index in [-0.39, 0.29) is 66.0 Å². The standard InChI is InChI=1S/C45H73N7O8/c1-12-28(6)40(51(9)45(57)39(27(4)5)50-43(55)38(46-8)26(2)3)37(58-10)24-36(53)33-19-20-34(48-33)41(59-11)29(7)42(54)49-35(44(56)52-21-15-16-22-60-52)23-30-25-47-32-18-14-13-17-31(30)32/h13-14,17-18,25-29,33-35,37-41,46-48H,12,15-16,19-24H2,1-11H3,(H,49,54)(H,50,55)/t28-,29+,33?,34-,35-,37+,38-,39-,40-,41+/m0/s1. The number of likely N-dealkylation sites (N-methyl/N-ethyl adjacent to an activating group) is 2. The summed E-state index contributed by atoms with van der Waals surface area (Å²) < 4.78 is 12.0. The van der Waals surface area contributed by atoms with Crippen molar-refractivity contribution in [3.8, 4) is 0 Å². The first-order valence-electron chi connectivity index (χ1n) is 22.0. The number of hydrogen-bond donors (Lipinski definition) is 5. The predicted octanol–water partition coefficient (Wildman–Crippen LogP) is 3.75. The van der Waals surface area contributed by atoms with Crippen LogP contribution >= 0.6 is 0 Å². The van der Waals surface area contributed by atoms with Crippen LogP contribution in [0.2, 0.25) is 0 Å². The summed E-state index contributed by atoms with van der Waals surface area (Å²) in [5.41, 5.74) is 1.86. The second-order valence-electron chi connectivity index (χ2n) is 17.5. The minimum atomic E-state index is -0.868. The van der Waals surface area contributed by atoms with Gasteiger partial charge in [0, 0.05) is 63.8 Å². The van der Waals surface area contributed by atoms with Crippen molar-refractivity contribution in [1.29, 1.82) is 0 Å². The van der Waals surface area contributed by atoms with Crippen molar-refractivity contribution < 1.29 is 38.3 Å². The molecule has 15 nitrogen and oxygen atoms in total. The number of nitrogens with zero attached hydrogens (tertiary/aromatic N) is 2. The first-order valence-corrected chi connectivity index (χ1v) is 22.0. The van der Waals surface area contributed by atoms with E-state index < -0.39 is 48.3 Å². The molecule has 1 aromatic carbocycles. The lowest BCUT2D eigenvalue weighted by Gasteiger charge is -2.40. The largest absolute Gasteiger partial charge is 0.379 e. The van der Waals surface area contributed by atoms with Gasteiger partial charge in [0.2, 0.25) is 17.7 Å². The number of benzene rings is 1. The summed E-state index contributed by atoms with van der Waals surface area (Å²) in [4.78, 5) is 80.0. The Morgan fingerprint density at radius 1 is 0.933 bits per heavy atom. The third-order valence-electron chi connectivity index (χ3n) is 12.7. The van der Waals surface area contributed by atoms with Crippen LogP contribution in [0.15, 0.2) is 30.5 Å². The van der Waals surface area contributed by atoms with E-state index in [1.807, 2.05) is 72.0 Å². The van der Waals surface area contributed by atoms with Gasteiger partial charge in [0.15, 0.2) is 5.78 Å². The number of carbonyl (C=O) groups excluding carboxylic acids is 5. The number of amides is 4. The number of ether oxygens (including phenoxy) is 2. The van der Waals surface area contributed by atoms with Crippen molar-refractivity contribution in [1.82, 2.24) is 36.2 Å². The smallest absolute Gasteiger partial charge is 0.269 e. The summed E-state index contributed by atoms with van der Waals surface area (Å²) in [6.07, 6.45) is 4.57. The van der Waals surface area contributed by atoms with E-state index in [4.69, 9.17) is 14.3 Å². The average molecular weight is 840 g/mol. The summed E-state index contributed by atoms with van der Waals surface area (Å²) in [6, 6.07) is 4.50. The molecule has 2 saturated heterocycles. The first kappa shape index (κ1) is 48.8. The van der Waals surface area contributed by atoms with Gasteiger partial charge in [0.1, 0.15) is 12.1 Å². The first-order chi connectivity index (χ1) is 28.6. The van der Waals surface area contributed by atoms with E-state index in [2.05, 4.69) is 26.3 Å². The predicted molar refractivity (Wildman–Crippen MR) is 232 cm³/mol. The fourth-order valence-electron chi connectivity index (χ4n) is 8.93. The molecule has 0 radical (unpaired) electrons. The molecule has 0 saturated carbocycles. The Morgan fingerprint density at radius 3 is 2.23 bits per heavy atom. The van der Waals surface area contributed by atoms with Gasteiger partial charge in [-0.3, -0.25) is 28.8 Å². The molecule has 60 heavy (non-hydrogen) atoms. The molecule has 0 spiro atoms. The molecule has 0 bridgehead atoms. The van der Waals surface area contributed by atoms with Crippen LogP contribution in [0.1, 0.15) is 92.6 Å². The molecule has 2 aliphatic rings. The topological polar surface area (TPSA) is 183 Å². The highest BCUT2D eigenvalue weighted by molar-refractivity contribution is 5.91. The van der Waals surface area contributed by atoms with Gasteiger partial charge in [-0.25, -0.2) is 5.06 Å². The van der Waals surface area contributed by atoms with Crippen LogP contribution in [0.3, 0.4) is 0 Å². The van der Waals surface area contributed by atoms with Crippen LogP contribution in [-0.4, -0.2) is 134 Å². The maximum absolute atomic E-state index is 14.2. The lowest BCUT2D eigenvalue weighted by atomic mass is 9.88. The molecule has 336 valence electrons. The highest BCUT2D eigenvalue weighted by Gasteiger charge is 2.43. The number of para-hydroxylation sites is 1. The molecular weight excluding hydrogens is 767 g/mol. The zero-order valence-electron chi connectivity index (χ0n) is 37.8. The molecule has 15 heteroatoms. The Bertz CT molecular complexity index is 1730. The third kappa shape index (κ3) is 11.9. The van der Waals surface area contributed by atoms with E-state index in [0.717, 1.165) is 35.7 Å². The normalized spacial score (nSPS) is 21.2. The molecule has 1 unspecified atom stereocenters. The number of aromatic nitrogens is 1. The van der Waals surface area contributed by atoms with Crippen LogP contribution in [0.25, 0.3) is 10.9 Å². The lowest BCUT2D eigenvalue weighted by Crippen LogP contribution is -2.59. The number of aromatic amines is 1. The summed E-state index contributed by atoms with van der Waals surface area (Å²) in [5.74, 6) is -2.00. The van der Waals surface area contributed by atoms with Gasteiger partial charge < -0.3 is 40.6 Å². The maximum Gasteiger partial charge on any atom is 0.269 e. The third-order valence-corrected chi connectivity index (χ3v) is 12.7. The van der Waals surface area contributed by atoms with Crippen molar-refractivity contribution in [2.75, 3.05) is 41.5 Å². The van der Waals surface area contributed by atoms with Gasteiger partial charge in [-0.1, -0.05) is 73.1 Å². The van der Waals surface area contributed by atoms with Crippen LogP contribution in [0, 0.1) is 23.7 Å². The number of ketones is 1. The van der Waals surface area contributed by atoms with Gasteiger partial charge in [-0.15, -0.1) is 0 Å². The molecule has 1 aromatic heterocycles. The van der Waals surface area contributed by atoms with E-state index in [0.29, 0.717) is 26.0 Å². The molecule has 4 rings (SSSR count). The SMILES string of the molecule is CC[C@H](C)[C@@H]([C@@H](CC(=O)C1CC[C@@H]([C@H](OC)[C@@H](C)C(=O)N[C@@H](Cc2c[nH]c3ccccc23)C(=O)N2CCCCO2)N1)OC)N(C)C(=O)[C@@H](NC(=O)[C@@H](NC)C(C)C)C(C)C. The number of Topliss-reactive ketones (excluding diaryl/α,β-unsaturated/α-hetero) is 1. The zero-order chi connectivity index (χ0) is 44.3. The van der Waals surface area contributed by atoms with Crippen molar-refractivity contribution in [2.45, 2.75) is 142 Å². The van der Waals surface area contributed by atoms with Gasteiger partial charge in [0.05, 0.1) is 42.9 Å². The molecule has 3 heterocycles. The van der Waals surface area contributed by atoms with E-state index in [9.17, 15) is 24.0 Å². The lowest BCUT2D eigenvalue weighted by molar-refractivity contribution is -0.199. The molecule has 0 aliphatic carbocycles. The summed E-state index contributed by atoms with van der Waals surface area (Å²) in [6.45, 7) is 14.5. The molecule has 10 atom stereocenters. The molecule has 2 fully saturated rings. The Hall–Kier alpha value is -3.89. The van der Waals surface area contributed by atoms with Crippen molar-refractivity contribution in [3.05, 3.63) is 36.0 Å². The number of fused-ring (bicyclic) bond motifs is 1. The number of hydrogen-bond acceptors (Lipinski definition) is 10. The number of nitrogens with one attached hydrogen (secondary N) is 5. The van der Waals surface area contributed by atoms with Crippen LogP contribution in [0.4, 0.5) is 0 Å². The fourth-order valence-corrected chi connectivity index (χ4v) is 8.93. The average Bonchev–Trinajstić information content (AvgIpc) is 3.90. The maximum atomic E-state index is 14.2. The fraction of sp³-hybridized carbons (Fsp3) is 0.711. The molecule has 2 aromatic rings. The molecular formula is C45H73N7O8.